The number of Topliss-reactive ketones (excluding diaryl/α,β-unsaturated/α-hetero) is 1. The Morgan fingerprint density at radius 1 is 1.18 bits per heavy atom. The zero-order valence-corrected chi connectivity index (χ0v) is 10.3. The molecule has 1 aliphatic carbocycles. The van der Waals surface area contributed by atoms with Crippen LogP contribution in [-0.2, 0) is 17.8 Å². The van der Waals surface area contributed by atoms with E-state index in [0.29, 0.717) is 24.7 Å². The average Bonchev–Trinajstić information content (AvgIpc) is 2.82. The Balaban J connectivity index is 1.92. The maximum atomic E-state index is 12.0. The van der Waals surface area contributed by atoms with E-state index in [-0.39, 0.29) is 0 Å². The smallest absolute Gasteiger partial charge is 0.137 e. The lowest BCUT2D eigenvalue weighted by atomic mass is 9.95. The summed E-state index contributed by atoms with van der Waals surface area (Å²) in [5.74, 6) is 1.02. The van der Waals surface area contributed by atoms with Crippen LogP contribution in [0.5, 0.6) is 0 Å². The monoisotopic (exact) mass is 231 g/mol. The fourth-order valence-electron chi connectivity index (χ4n) is 2.75. The Labute approximate surface area is 103 Å². The maximum Gasteiger partial charge on any atom is 0.137 e. The van der Waals surface area contributed by atoms with Gasteiger partial charge in [-0.1, -0.05) is 49.9 Å². The Hall–Kier alpha value is -1.15. The Morgan fingerprint density at radius 3 is 2.47 bits per heavy atom. The molecule has 0 aromatic heterocycles. The second-order valence-corrected chi connectivity index (χ2v) is 5.04. The summed E-state index contributed by atoms with van der Waals surface area (Å²) < 4.78 is 0. The summed E-state index contributed by atoms with van der Waals surface area (Å²) in [6.45, 7) is 0.521. The lowest BCUT2D eigenvalue weighted by Crippen LogP contribution is -2.11. The van der Waals surface area contributed by atoms with Gasteiger partial charge in [0.2, 0.25) is 0 Å². The van der Waals surface area contributed by atoms with E-state index < -0.39 is 0 Å². The van der Waals surface area contributed by atoms with E-state index in [1.54, 1.807) is 0 Å². The van der Waals surface area contributed by atoms with Gasteiger partial charge in [-0.2, -0.15) is 0 Å². The molecule has 0 radical (unpaired) electrons. The molecule has 0 spiro atoms. The molecule has 17 heavy (non-hydrogen) atoms. The molecule has 1 fully saturated rings. The summed E-state index contributed by atoms with van der Waals surface area (Å²) in [7, 11) is 0. The molecule has 2 N–H and O–H groups in total. The molecule has 2 heteroatoms. The van der Waals surface area contributed by atoms with Gasteiger partial charge in [-0.15, -0.1) is 0 Å². The Morgan fingerprint density at radius 2 is 1.82 bits per heavy atom. The first-order valence-corrected chi connectivity index (χ1v) is 6.58. The topological polar surface area (TPSA) is 43.1 Å². The molecule has 0 unspecified atom stereocenters. The van der Waals surface area contributed by atoms with Gasteiger partial charge in [-0.25, -0.2) is 0 Å². The number of nitrogens with two attached hydrogens (primary N) is 1. The lowest BCUT2D eigenvalue weighted by molar-refractivity contribution is -0.119. The first-order valence-electron chi connectivity index (χ1n) is 6.58. The van der Waals surface area contributed by atoms with Gasteiger partial charge in [-0.05, 0) is 17.0 Å². The summed E-state index contributed by atoms with van der Waals surface area (Å²) in [6.07, 6.45) is 6.41. The lowest BCUT2D eigenvalue weighted by Gasteiger charge is -2.10. The minimum absolute atomic E-state index is 0.373. The third-order valence-corrected chi connectivity index (χ3v) is 3.72. The predicted molar refractivity (Wildman–Crippen MR) is 69.6 cm³/mol. The molecule has 1 aliphatic rings. The van der Waals surface area contributed by atoms with Crippen LogP contribution >= 0.6 is 0 Å². The highest BCUT2D eigenvalue weighted by Crippen LogP contribution is 2.28. The van der Waals surface area contributed by atoms with Crippen molar-refractivity contribution in [3.05, 3.63) is 35.4 Å². The Bertz CT molecular complexity index is 380. The van der Waals surface area contributed by atoms with Crippen LogP contribution in [0.2, 0.25) is 0 Å². The average molecular weight is 231 g/mol. The van der Waals surface area contributed by atoms with Crippen molar-refractivity contribution in [1.82, 2.24) is 0 Å². The number of hydrogen-bond acceptors (Lipinski definition) is 2. The van der Waals surface area contributed by atoms with E-state index in [4.69, 9.17) is 5.73 Å². The fourth-order valence-corrected chi connectivity index (χ4v) is 2.75. The van der Waals surface area contributed by atoms with E-state index in [0.717, 1.165) is 17.5 Å². The molecule has 1 saturated carbocycles. The Kier molecular flexibility index (Phi) is 4.32. The predicted octanol–water partition coefficient (Wildman–Crippen LogP) is 2.84. The van der Waals surface area contributed by atoms with E-state index >= 15 is 0 Å². The molecule has 0 amide bonds. The van der Waals surface area contributed by atoms with Gasteiger partial charge in [0.05, 0.1) is 0 Å². The number of benzene rings is 1. The van der Waals surface area contributed by atoms with E-state index in [9.17, 15) is 4.79 Å². The standard InChI is InChI=1S/C15H21NO/c16-11-14-8-4-3-7-13(14)10-15(17)9-12-5-1-2-6-12/h3-4,7-8,12H,1-2,5-6,9-11,16H2. The van der Waals surface area contributed by atoms with E-state index in [2.05, 4.69) is 0 Å². The number of carbonyl (C=O) groups excluding carboxylic acids is 1. The van der Waals surface area contributed by atoms with Crippen molar-refractivity contribution < 1.29 is 4.79 Å². The van der Waals surface area contributed by atoms with Gasteiger partial charge in [0, 0.05) is 19.4 Å². The molecule has 1 aromatic rings. The van der Waals surface area contributed by atoms with Crippen LogP contribution in [-0.4, -0.2) is 5.78 Å². The normalized spacial score (nSPS) is 16.3. The van der Waals surface area contributed by atoms with Crippen LogP contribution < -0.4 is 5.73 Å². The molecule has 0 aliphatic heterocycles. The largest absolute Gasteiger partial charge is 0.326 e. The number of ketones is 1. The van der Waals surface area contributed by atoms with Crippen LogP contribution in [0.4, 0.5) is 0 Å². The first kappa shape index (κ1) is 12.3. The highest BCUT2D eigenvalue weighted by atomic mass is 16.1. The second kappa shape index (κ2) is 5.97. The summed E-state index contributed by atoms with van der Waals surface area (Å²) in [5, 5.41) is 0. The minimum atomic E-state index is 0.373. The molecular formula is C15H21NO. The van der Waals surface area contributed by atoms with Crippen LogP contribution in [0.25, 0.3) is 0 Å². The van der Waals surface area contributed by atoms with Crippen molar-refractivity contribution in [3.8, 4) is 0 Å². The summed E-state index contributed by atoms with van der Waals surface area (Å²) in [4.78, 5) is 12.0. The van der Waals surface area contributed by atoms with Crippen LogP contribution in [0.15, 0.2) is 24.3 Å². The zero-order chi connectivity index (χ0) is 12.1. The van der Waals surface area contributed by atoms with Crippen molar-refractivity contribution in [2.45, 2.75) is 45.1 Å². The second-order valence-electron chi connectivity index (χ2n) is 5.04. The van der Waals surface area contributed by atoms with Gasteiger partial charge in [0.25, 0.3) is 0 Å². The number of hydrogen-bond donors (Lipinski definition) is 1. The maximum absolute atomic E-state index is 12.0. The van der Waals surface area contributed by atoms with Crippen LogP contribution in [0.1, 0.15) is 43.2 Å². The van der Waals surface area contributed by atoms with Crippen molar-refractivity contribution in [2.75, 3.05) is 0 Å². The third-order valence-electron chi connectivity index (χ3n) is 3.72. The molecule has 0 atom stereocenters. The summed E-state index contributed by atoms with van der Waals surface area (Å²) in [6, 6.07) is 8.00. The summed E-state index contributed by atoms with van der Waals surface area (Å²) in [5.41, 5.74) is 7.89. The van der Waals surface area contributed by atoms with Crippen molar-refractivity contribution in [3.63, 3.8) is 0 Å². The highest BCUT2D eigenvalue weighted by Gasteiger charge is 2.18. The van der Waals surface area contributed by atoms with Gasteiger partial charge in [0.1, 0.15) is 5.78 Å². The molecule has 1 aromatic carbocycles. The van der Waals surface area contributed by atoms with Crippen LogP contribution in [0, 0.1) is 5.92 Å². The van der Waals surface area contributed by atoms with Crippen molar-refractivity contribution >= 4 is 5.78 Å². The van der Waals surface area contributed by atoms with Gasteiger partial charge in [-0.3, -0.25) is 4.79 Å². The molecule has 2 rings (SSSR count). The third kappa shape index (κ3) is 3.40. The molecule has 0 bridgehead atoms. The van der Waals surface area contributed by atoms with E-state index in [1.165, 1.54) is 25.7 Å². The molecular weight excluding hydrogens is 210 g/mol. The summed E-state index contributed by atoms with van der Waals surface area (Å²) >= 11 is 0. The van der Waals surface area contributed by atoms with Gasteiger partial charge >= 0.3 is 0 Å². The van der Waals surface area contributed by atoms with Crippen molar-refractivity contribution in [1.29, 1.82) is 0 Å². The fraction of sp³-hybridized carbons (Fsp3) is 0.533. The van der Waals surface area contributed by atoms with Crippen LogP contribution in [0.3, 0.4) is 0 Å². The SMILES string of the molecule is NCc1ccccc1CC(=O)CC1CCCC1. The number of carbonyl (C=O) groups is 1. The van der Waals surface area contributed by atoms with Gasteiger partial charge in [0.15, 0.2) is 0 Å². The highest BCUT2D eigenvalue weighted by molar-refractivity contribution is 5.81. The molecule has 0 saturated heterocycles. The molecule has 92 valence electrons. The van der Waals surface area contributed by atoms with E-state index in [1.807, 2.05) is 24.3 Å². The number of rotatable bonds is 5. The van der Waals surface area contributed by atoms with Crippen molar-refractivity contribution in [2.24, 2.45) is 11.7 Å². The zero-order valence-electron chi connectivity index (χ0n) is 10.3. The first-order chi connectivity index (χ1) is 8.29. The minimum Gasteiger partial charge on any atom is -0.326 e. The van der Waals surface area contributed by atoms with Gasteiger partial charge < -0.3 is 5.73 Å². The molecule has 0 heterocycles. The quantitative estimate of drug-likeness (QED) is 0.846. The molecule has 2 nitrogen and oxygen atoms in total.